The van der Waals surface area contributed by atoms with E-state index < -0.39 is 0 Å². The van der Waals surface area contributed by atoms with Gasteiger partial charge in [-0.1, -0.05) is 18.8 Å². The van der Waals surface area contributed by atoms with Gasteiger partial charge >= 0.3 is 0 Å². The quantitative estimate of drug-likeness (QED) is 0.697. The van der Waals surface area contributed by atoms with Crippen molar-refractivity contribution >= 4 is 11.8 Å². The van der Waals surface area contributed by atoms with Crippen LogP contribution in [0.3, 0.4) is 0 Å². The Bertz CT molecular complexity index is 185. The summed E-state index contributed by atoms with van der Waals surface area (Å²) in [6.45, 7) is 2.06. The maximum absolute atomic E-state index is 5.36. The summed E-state index contributed by atoms with van der Waals surface area (Å²) in [5.41, 5.74) is 0. The molecule has 0 saturated heterocycles. The normalized spacial score (nSPS) is 30.8. The highest BCUT2D eigenvalue weighted by Gasteiger charge is 2.24. The standard InChI is InChI=1S/C11H19NS/c1-4-9(2)12-10-7-5-6-8-11(10)13-3/h1,9-12H,5-8H2,2-3H3. The summed E-state index contributed by atoms with van der Waals surface area (Å²) < 4.78 is 0. The maximum Gasteiger partial charge on any atom is 0.0660 e. The first-order chi connectivity index (χ1) is 6.27. The molecular formula is C11H19NS. The lowest BCUT2D eigenvalue weighted by Gasteiger charge is -2.32. The molecule has 0 spiro atoms. The molecule has 1 aliphatic rings. The van der Waals surface area contributed by atoms with Crippen LogP contribution in [0, 0.1) is 12.3 Å². The second-order valence-electron chi connectivity index (χ2n) is 3.72. The molecule has 1 aliphatic carbocycles. The van der Waals surface area contributed by atoms with Gasteiger partial charge in [-0.3, -0.25) is 0 Å². The number of thioether (sulfide) groups is 1. The molecule has 3 unspecified atom stereocenters. The van der Waals surface area contributed by atoms with Gasteiger partial charge in [-0.15, -0.1) is 6.42 Å². The molecule has 0 radical (unpaired) electrons. The van der Waals surface area contributed by atoms with Crippen LogP contribution in [0.4, 0.5) is 0 Å². The third-order valence-electron chi connectivity index (χ3n) is 2.72. The molecule has 1 N–H and O–H groups in total. The Balaban J connectivity index is 2.41. The third kappa shape index (κ3) is 3.25. The average molecular weight is 197 g/mol. The predicted octanol–water partition coefficient (Wildman–Crippen LogP) is 2.27. The molecule has 1 fully saturated rings. The zero-order valence-corrected chi connectivity index (χ0v) is 9.36. The van der Waals surface area contributed by atoms with Gasteiger partial charge in [0.1, 0.15) is 0 Å². The summed E-state index contributed by atoms with van der Waals surface area (Å²) >= 11 is 1.98. The molecule has 1 saturated carbocycles. The molecule has 1 rings (SSSR count). The van der Waals surface area contributed by atoms with E-state index in [1.807, 2.05) is 11.8 Å². The largest absolute Gasteiger partial charge is 0.300 e. The lowest BCUT2D eigenvalue weighted by molar-refractivity contribution is 0.375. The Morgan fingerprint density at radius 2 is 2.15 bits per heavy atom. The van der Waals surface area contributed by atoms with Gasteiger partial charge in [-0.25, -0.2) is 0 Å². The molecular weight excluding hydrogens is 178 g/mol. The highest BCUT2D eigenvalue weighted by atomic mass is 32.2. The average Bonchev–Trinajstić information content (AvgIpc) is 2.18. The molecule has 74 valence electrons. The van der Waals surface area contributed by atoms with Crippen LogP contribution in [0.5, 0.6) is 0 Å². The van der Waals surface area contributed by atoms with Crippen molar-refractivity contribution in [2.45, 2.75) is 49.9 Å². The van der Waals surface area contributed by atoms with E-state index in [1.54, 1.807) is 0 Å². The zero-order chi connectivity index (χ0) is 9.68. The van der Waals surface area contributed by atoms with Crippen molar-refractivity contribution in [1.82, 2.24) is 5.32 Å². The van der Waals surface area contributed by atoms with Crippen LogP contribution in [0.2, 0.25) is 0 Å². The lowest BCUT2D eigenvalue weighted by atomic mass is 9.94. The summed E-state index contributed by atoms with van der Waals surface area (Å²) in [5.74, 6) is 2.74. The minimum absolute atomic E-state index is 0.220. The summed E-state index contributed by atoms with van der Waals surface area (Å²) in [5, 5.41) is 4.28. The Labute approximate surface area is 86.1 Å². The molecule has 0 aromatic heterocycles. The first kappa shape index (κ1) is 10.9. The Kier molecular flexibility index (Phi) is 4.69. The monoisotopic (exact) mass is 197 g/mol. The van der Waals surface area contributed by atoms with Crippen molar-refractivity contribution < 1.29 is 0 Å². The van der Waals surface area contributed by atoms with Crippen LogP contribution >= 0.6 is 11.8 Å². The Hall–Kier alpha value is -0.130. The molecule has 1 nitrogen and oxygen atoms in total. The fourth-order valence-corrected chi connectivity index (χ4v) is 2.88. The van der Waals surface area contributed by atoms with Crippen molar-refractivity contribution in [3.8, 4) is 12.3 Å². The summed E-state index contributed by atoms with van der Waals surface area (Å²) in [6, 6.07) is 0.854. The summed E-state index contributed by atoms with van der Waals surface area (Å²) in [4.78, 5) is 0. The summed E-state index contributed by atoms with van der Waals surface area (Å²) in [7, 11) is 0. The van der Waals surface area contributed by atoms with Crippen molar-refractivity contribution in [3.05, 3.63) is 0 Å². The van der Waals surface area contributed by atoms with E-state index in [9.17, 15) is 0 Å². The molecule has 13 heavy (non-hydrogen) atoms. The second-order valence-corrected chi connectivity index (χ2v) is 4.80. The highest BCUT2D eigenvalue weighted by molar-refractivity contribution is 7.99. The van der Waals surface area contributed by atoms with Crippen molar-refractivity contribution in [1.29, 1.82) is 0 Å². The Morgan fingerprint density at radius 3 is 2.77 bits per heavy atom. The summed E-state index contributed by atoms with van der Waals surface area (Å²) in [6.07, 6.45) is 12.9. The Morgan fingerprint density at radius 1 is 1.46 bits per heavy atom. The zero-order valence-electron chi connectivity index (χ0n) is 8.55. The van der Waals surface area contributed by atoms with E-state index in [4.69, 9.17) is 6.42 Å². The number of terminal acetylenes is 1. The topological polar surface area (TPSA) is 12.0 Å². The van der Waals surface area contributed by atoms with E-state index in [2.05, 4.69) is 24.4 Å². The molecule has 0 heterocycles. The van der Waals surface area contributed by atoms with Gasteiger partial charge in [0.05, 0.1) is 6.04 Å². The number of hydrogen-bond donors (Lipinski definition) is 1. The van der Waals surface area contributed by atoms with E-state index in [1.165, 1.54) is 25.7 Å². The molecule has 0 aliphatic heterocycles. The van der Waals surface area contributed by atoms with Crippen molar-refractivity contribution in [2.75, 3.05) is 6.26 Å². The van der Waals surface area contributed by atoms with Crippen molar-refractivity contribution in [2.24, 2.45) is 0 Å². The molecule has 3 atom stereocenters. The highest BCUT2D eigenvalue weighted by Crippen LogP contribution is 2.27. The smallest absolute Gasteiger partial charge is 0.0660 e. The lowest BCUT2D eigenvalue weighted by Crippen LogP contribution is -2.44. The predicted molar refractivity (Wildman–Crippen MR) is 61.0 cm³/mol. The van der Waals surface area contributed by atoms with E-state index >= 15 is 0 Å². The number of hydrogen-bond acceptors (Lipinski definition) is 2. The number of rotatable bonds is 3. The van der Waals surface area contributed by atoms with E-state index in [-0.39, 0.29) is 6.04 Å². The van der Waals surface area contributed by atoms with Crippen molar-refractivity contribution in [3.63, 3.8) is 0 Å². The molecule has 0 bridgehead atoms. The van der Waals surface area contributed by atoms with Crippen LogP contribution in [-0.2, 0) is 0 Å². The fourth-order valence-electron chi connectivity index (χ4n) is 1.94. The fraction of sp³-hybridized carbons (Fsp3) is 0.818. The first-order valence-electron chi connectivity index (χ1n) is 5.03. The van der Waals surface area contributed by atoms with Gasteiger partial charge in [0.2, 0.25) is 0 Å². The van der Waals surface area contributed by atoms with Crippen LogP contribution < -0.4 is 5.32 Å². The number of nitrogens with one attached hydrogen (secondary N) is 1. The van der Waals surface area contributed by atoms with Gasteiger partial charge in [-0.2, -0.15) is 11.8 Å². The molecule has 0 aromatic rings. The van der Waals surface area contributed by atoms with E-state index in [0.717, 1.165) is 5.25 Å². The van der Waals surface area contributed by atoms with E-state index in [0.29, 0.717) is 6.04 Å². The third-order valence-corrected chi connectivity index (χ3v) is 3.89. The van der Waals surface area contributed by atoms with Gasteiger partial charge in [0.25, 0.3) is 0 Å². The molecule has 0 amide bonds. The SMILES string of the molecule is C#CC(C)NC1CCCCC1SC. The van der Waals surface area contributed by atoms with Gasteiger partial charge < -0.3 is 5.32 Å². The minimum atomic E-state index is 0.220. The van der Waals surface area contributed by atoms with Crippen LogP contribution in [0.15, 0.2) is 0 Å². The van der Waals surface area contributed by atoms with Crippen LogP contribution in [-0.4, -0.2) is 23.6 Å². The minimum Gasteiger partial charge on any atom is -0.300 e. The first-order valence-corrected chi connectivity index (χ1v) is 6.31. The molecule has 2 heteroatoms. The second kappa shape index (κ2) is 5.57. The van der Waals surface area contributed by atoms with Crippen LogP contribution in [0.25, 0.3) is 0 Å². The molecule has 0 aromatic carbocycles. The van der Waals surface area contributed by atoms with Gasteiger partial charge in [0.15, 0.2) is 0 Å². The maximum atomic E-state index is 5.36. The van der Waals surface area contributed by atoms with Crippen LogP contribution in [0.1, 0.15) is 32.6 Å². The van der Waals surface area contributed by atoms with Gasteiger partial charge in [0, 0.05) is 11.3 Å². The van der Waals surface area contributed by atoms with Gasteiger partial charge in [-0.05, 0) is 26.0 Å².